The van der Waals surface area contributed by atoms with Crippen molar-refractivity contribution < 1.29 is 4.79 Å². The first-order chi connectivity index (χ1) is 16.0. The molecule has 4 rings (SSSR count). The Morgan fingerprint density at radius 3 is 2.27 bits per heavy atom. The van der Waals surface area contributed by atoms with Crippen LogP contribution in [-0.4, -0.2) is 20.7 Å². The fraction of sp³-hybridized carbons (Fsp3) is 0.148. The number of aromatic nitrogens is 3. The van der Waals surface area contributed by atoms with E-state index in [1.165, 1.54) is 11.8 Å². The molecule has 4 aromatic rings. The van der Waals surface area contributed by atoms with Crippen molar-refractivity contribution in [2.24, 2.45) is 0 Å². The summed E-state index contributed by atoms with van der Waals surface area (Å²) < 4.78 is 1.99. The first kappa shape index (κ1) is 22.6. The first-order valence-corrected chi connectivity index (χ1v) is 11.6. The number of allylic oxidation sites excluding steroid dienone is 1. The summed E-state index contributed by atoms with van der Waals surface area (Å²) in [6, 6.07) is 25.7. The molecule has 3 aromatic carbocycles. The summed E-state index contributed by atoms with van der Waals surface area (Å²) in [4.78, 5) is 13.5. The van der Waals surface area contributed by atoms with Gasteiger partial charge in [0.25, 0.3) is 0 Å². The molecule has 0 fully saturated rings. The summed E-state index contributed by atoms with van der Waals surface area (Å²) in [6.45, 7) is 8.48. The molecule has 0 radical (unpaired) electrons. The summed E-state index contributed by atoms with van der Waals surface area (Å²) in [7, 11) is 0. The highest BCUT2D eigenvalue weighted by molar-refractivity contribution is 8.00. The minimum atomic E-state index is -0.497. The standard InChI is InChI=1S/C27H26N4OS/c1-4-15-31-25(22-13-9-6-10-14-22)29-30-27(31)33-24(21-11-7-5-8-12-21)26(32)28-23-17-19(2)16-20(3)18-23/h4-14,16-18,24H,1,15H2,2-3H3,(H,28,32). The molecule has 6 heteroatoms. The maximum Gasteiger partial charge on any atom is 0.242 e. The minimum absolute atomic E-state index is 0.106. The average Bonchev–Trinajstić information content (AvgIpc) is 3.20. The average molecular weight is 455 g/mol. The van der Waals surface area contributed by atoms with Crippen LogP contribution in [0.4, 0.5) is 5.69 Å². The zero-order chi connectivity index (χ0) is 23.2. The van der Waals surface area contributed by atoms with Gasteiger partial charge in [0, 0.05) is 17.8 Å². The number of hydrogen-bond acceptors (Lipinski definition) is 4. The van der Waals surface area contributed by atoms with Crippen molar-refractivity contribution in [1.29, 1.82) is 0 Å². The zero-order valence-electron chi connectivity index (χ0n) is 18.7. The Kier molecular flexibility index (Phi) is 7.05. The van der Waals surface area contributed by atoms with Gasteiger partial charge in [-0.1, -0.05) is 84.6 Å². The molecule has 0 aliphatic carbocycles. The summed E-state index contributed by atoms with van der Waals surface area (Å²) in [6.07, 6.45) is 1.81. The second-order valence-electron chi connectivity index (χ2n) is 7.85. The Hall–Kier alpha value is -3.64. The number of benzene rings is 3. The molecule has 1 amide bonds. The number of nitrogens with zero attached hydrogens (tertiary/aromatic N) is 3. The molecular formula is C27H26N4OS. The van der Waals surface area contributed by atoms with Crippen LogP contribution >= 0.6 is 11.8 Å². The third-order valence-corrected chi connectivity index (χ3v) is 6.35. The number of thioether (sulfide) groups is 1. The van der Waals surface area contributed by atoms with Gasteiger partial charge in [0.15, 0.2) is 11.0 Å². The Bertz CT molecular complexity index is 1230. The highest BCUT2D eigenvalue weighted by Crippen LogP contribution is 2.37. The summed E-state index contributed by atoms with van der Waals surface area (Å²) in [5.41, 5.74) is 4.87. The van der Waals surface area contributed by atoms with E-state index < -0.39 is 5.25 Å². The van der Waals surface area contributed by atoms with Gasteiger partial charge in [-0.3, -0.25) is 9.36 Å². The zero-order valence-corrected chi connectivity index (χ0v) is 19.5. The molecule has 5 nitrogen and oxygen atoms in total. The van der Waals surface area contributed by atoms with Gasteiger partial charge in [-0.15, -0.1) is 16.8 Å². The van der Waals surface area contributed by atoms with Gasteiger partial charge in [0.1, 0.15) is 5.25 Å². The van der Waals surface area contributed by atoms with Crippen LogP contribution in [-0.2, 0) is 11.3 Å². The van der Waals surface area contributed by atoms with E-state index in [2.05, 4.69) is 28.2 Å². The molecule has 166 valence electrons. The SMILES string of the molecule is C=CCn1c(SC(C(=O)Nc2cc(C)cc(C)c2)c2ccccc2)nnc1-c1ccccc1. The van der Waals surface area contributed by atoms with Crippen LogP contribution in [0.3, 0.4) is 0 Å². The molecule has 1 N–H and O–H groups in total. The van der Waals surface area contributed by atoms with E-state index in [0.717, 1.165) is 33.8 Å². The number of amides is 1. The van der Waals surface area contributed by atoms with Gasteiger partial charge in [-0.2, -0.15) is 0 Å². The molecule has 0 saturated carbocycles. The van der Waals surface area contributed by atoms with E-state index in [-0.39, 0.29) is 5.91 Å². The predicted molar refractivity (Wildman–Crippen MR) is 135 cm³/mol. The quantitative estimate of drug-likeness (QED) is 0.254. The van der Waals surface area contributed by atoms with Crippen LogP contribution in [0.1, 0.15) is 21.9 Å². The number of aryl methyl sites for hydroxylation is 2. The summed E-state index contributed by atoms with van der Waals surface area (Å²) >= 11 is 1.39. The predicted octanol–water partition coefficient (Wildman–Crippen LogP) is 6.22. The van der Waals surface area contributed by atoms with Crippen molar-refractivity contribution in [3.05, 3.63) is 108 Å². The van der Waals surface area contributed by atoms with Gasteiger partial charge in [0.05, 0.1) is 0 Å². The van der Waals surface area contributed by atoms with E-state index in [4.69, 9.17) is 0 Å². The van der Waals surface area contributed by atoms with Gasteiger partial charge < -0.3 is 5.32 Å². The van der Waals surface area contributed by atoms with Crippen molar-refractivity contribution in [2.45, 2.75) is 30.8 Å². The summed E-state index contributed by atoms with van der Waals surface area (Å²) in [5.74, 6) is 0.644. The van der Waals surface area contributed by atoms with Crippen molar-refractivity contribution in [2.75, 3.05) is 5.32 Å². The number of nitrogens with one attached hydrogen (secondary N) is 1. The molecule has 1 aromatic heterocycles. The Morgan fingerprint density at radius 1 is 1.00 bits per heavy atom. The molecule has 0 spiro atoms. The van der Waals surface area contributed by atoms with Gasteiger partial charge >= 0.3 is 0 Å². The molecule has 33 heavy (non-hydrogen) atoms. The molecule has 0 aliphatic rings. The lowest BCUT2D eigenvalue weighted by Crippen LogP contribution is -2.19. The van der Waals surface area contributed by atoms with Gasteiger partial charge in [-0.05, 0) is 42.7 Å². The minimum Gasteiger partial charge on any atom is -0.325 e. The lowest BCUT2D eigenvalue weighted by Gasteiger charge is -2.18. The Labute approximate surface area is 198 Å². The van der Waals surface area contributed by atoms with Crippen molar-refractivity contribution >= 4 is 23.4 Å². The molecule has 0 saturated heterocycles. The Morgan fingerprint density at radius 2 is 1.64 bits per heavy atom. The number of hydrogen-bond donors (Lipinski definition) is 1. The molecule has 1 heterocycles. The van der Waals surface area contributed by atoms with Crippen LogP contribution in [0.25, 0.3) is 11.4 Å². The van der Waals surface area contributed by atoms with E-state index in [1.54, 1.807) is 0 Å². The van der Waals surface area contributed by atoms with Crippen molar-refractivity contribution in [3.63, 3.8) is 0 Å². The highest BCUT2D eigenvalue weighted by atomic mass is 32.2. The molecule has 1 unspecified atom stereocenters. The van der Waals surface area contributed by atoms with Crippen molar-refractivity contribution in [3.8, 4) is 11.4 Å². The fourth-order valence-corrected chi connectivity index (χ4v) is 4.78. The van der Waals surface area contributed by atoms with Crippen LogP contribution in [0.2, 0.25) is 0 Å². The second kappa shape index (κ2) is 10.3. The Balaban J connectivity index is 1.68. The lowest BCUT2D eigenvalue weighted by atomic mass is 10.1. The normalized spacial score (nSPS) is 11.7. The van der Waals surface area contributed by atoms with Crippen LogP contribution in [0.5, 0.6) is 0 Å². The first-order valence-electron chi connectivity index (χ1n) is 10.8. The van der Waals surface area contributed by atoms with E-state index in [9.17, 15) is 4.79 Å². The second-order valence-corrected chi connectivity index (χ2v) is 8.92. The van der Waals surface area contributed by atoms with E-state index >= 15 is 0 Å². The number of anilines is 1. The van der Waals surface area contributed by atoms with Crippen molar-refractivity contribution in [1.82, 2.24) is 14.8 Å². The molecule has 0 aliphatic heterocycles. The van der Waals surface area contributed by atoms with Crippen LogP contribution < -0.4 is 5.32 Å². The molecular weight excluding hydrogens is 428 g/mol. The smallest absolute Gasteiger partial charge is 0.242 e. The topological polar surface area (TPSA) is 59.8 Å². The van der Waals surface area contributed by atoms with E-state index in [1.807, 2.05) is 97.3 Å². The number of carbonyl (C=O) groups is 1. The third kappa shape index (κ3) is 5.41. The molecule has 1 atom stereocenters. The largest absolute Gasteiger partial charge is 0.325 e. The maximum absolute atomic E-state index is 13.5. The highest BCUT2D eigenvalue weighted by Gasteiger charge is 2.26. The molecule has 0 bridgehead atoms. The third-order valence-electron chi connectivity index (χ3n) is 5.11. The van der Waals surface area contributed by atoms with Crippen LogP contribution in [0.15, 0.2) is 96.7 Å². The van der Waals surface area contributed by atoms with E-state index in [0.29, 0.717) is 11.7 Å². The van der Waals surface area contributed by atoms with Crippen LogP contribution in [0, 0.1) is 13.8 Å². The fourth-order valence-electron chi connectivity index (χ4n) is 3.73. The number of rotatable bonds is 8. The number of carbonyl (C=O) groups excluding carboxylic acids is 1. The maximum atomic E-state index is 13.5. The monoisotopic (exact) mass is 454 g/mol. The van der Waals surface area contributed by atoms with Gasteiger partial charge in [-0.25, -0.2) is 0 Å². The lowest BCUT2D eigenvalue weighted by molar-refractivity contribution is -0.115. The van der Waals surface area contributed by atoms with Gasteiger partial charge in [0.2, 0.25) is 5.91 Å². The summed E-state index contributed by atoms with van der Waals surface area (Å²) in [5, 5.41) is 12.1.